The summed E-state index contributed by atoms with van der Waals surface area (Å²) in [7, 11) is 0. The Morgan fingerprint density at radius 2 is 1.84 bits per heavy atom. The molecule has 0 saturated carbocycles. The van der Waals surface area contributed by atoms with E-state index in [1.807, 2.05) is 44.6 Å². The van der Waals surface area contributed by atoms with Crippen molar-refractivity contribution in [1.82, 2.24) is 24.7 Å². The van der Waals surface area contributed by atoms with Crippen molar-refractivity contribution in [2.24, 2.45) is 0 Å². The molecule has 3 aromatic heterocycles. The van der Waals surface area contributed by atoms with Gasteiger partial charge in [0, 0.05) is 54.8 Å². The van der Waals surface area contributed by atoms with Gasteiger partial charge in [-0.25, -0.2) is 14.6 Å². The molecule has 0 unspecified atom stereocenters. The average Bonchev–Trinajstić information content (AvgIpc) is 3.57. The Morgan fingerprint density at radius 1 is 1.14 bits per heavy atom. The molecule has 0 saturated heterocycles. The number of anilines is 1. The van der Waals surface area contributed by atoms with Crippen LogP contribution in [0.5, 0.6) is 0 Å². The summed E-state index contributed by atoms with van der Waals surface area (Å²) in [6.45, 7) is 14.4. The lowest BCUT2D eigenvalue weighted by atomic mass is 9.96. The number of halogens is 1. The highest BCUT2D eigenvalue weighted by Gasteiger charge is 2.30. The molecule has 0 atom stereocenters. The molecule has 4 heterocycles. The number of benzene rings is 1. The number of H-pyrrole nitrogens is 1. The van der Waals surface area contributed by atoms with Crippen molar-refractivity contribution in [3.8, 4) is 5.69 Å². The standard InChI is InChI=1S/C30H33ClN6/c1-6-21-10-9-11-22(7-2)29(21)37-28(20(5)23-12-14-32-27(23)25(31)8-3)24-18-36(15-13-26(24)35-37)30-33-16-19(4)17-34-30/h8-12,14,16-17,32H,5-7,13,15,18H2,1-4H3/b25-8+. The van der Waals surface area contributed by atoms with E-state index >= 15 is 0 Å². The normalized spacial score (nSPS) is 13.6. The van der Waals surface area contributed by atoms with Crippen molar-refractivity contribution in [3.05, 3.63) is 100 Å². The van der Waals surface area contributed by atoms with Crippen LogP contribution >= 0.6 is 11.6 Å². The molecular formula is C30H33ClN6. The van der Waals surface area contributed by atoms with Gasteiger partial charge in [0.1, 0.15) is 0 Å². The summed E-state index contributed by atoms with van der Waals surface area (Å²) < 4.78 is 2.14. The van der Waals surface area contributed by atoms with Crippen LogP contribution in [0, 0.1) is 6.92 Å². The molecule has 0 bridgehead atoms. The number of aryl methyl sites for hydroxylation is 3. The summed E-state index contributed by atoms with van der Waals surface area (Å²) in [4.78, 5) is 14.7. The third-order valence-electron chi connectivity index (χ3n) is 7.11. The van der Waals surface area contributed by atoms with Gasteiger partial charge in [0.15, 0.2) is 0 Å². The van der Waals surface area contributed by atoms with Crippen LogP contribution in [0.1, 0.15) is 65.7 Å². The Hall–Kier alpha value is -3.64. The zero-order valence-corrected chi connectivity index (χ0v) is 22.7. The van der Waals surface area contributed by atoms with Crippen LogP contribution in [-0.2, 0) is 25.8 Å². The van der Waals surface area contributed by atoms with Gasteiger partial charge in [-0.1, -0.05) is 56.3 Å². The SMILES string of the molecule is C=C(c1cc[nH]c1/C(Cl)=C\C)c1c2c(nn1-c1c(CC)cccc1CC)CCN(c1ncc(C)cn1)C2. The minimum absolute atomic E-state index is 0.666. The predicted octanol–water partition coefficient (Wildman–Crippen LogP) is 6.65. The van der Waals surface area contributed by atoms with E-state index in [-0.39, 0.29) is 0 Å². The third kappa shape index (κ3) is 4.51. The molecule has 7 heteroatoms. The minimum atomic E-state index is 0.666. The van der Waals surface area contributed by atoms with Crippen LogP contribution in [0.2, 0.25) is 0 Å². The maximum Gasteiger partial charge on any atom is 0.225 e. The smallest absolute Gasteiger partial charge is 0.225 e. The Bertz CT molecular complexity index is 1450. The van der Waals surface area contributed by atoms with Crippen LogP contribution in [0.3, 0.4) is 0 Å². The number of nitrogens with zero attached hydrogens (tertiary/aromatic N) is 5. The van der Waals surface area contributed by atoms with Crippen LogP contribution in [-0.4, -0.2) is 31.3 Å². The molecule has 1 aromatic carbocycles. The Balaban J connectivity index is 1.71. The highest BCUT2D eigenvalue weighted by molar-refractivity contribution is 6.48. The van der Waals surface area contributed by atoms with Crippen molar-refractivity contribution in [2.75, 3.05) is 11.4 Å². The van der Waals surface area contributed by atoms with E-state index in [0.29, 0.717) is 11.6 Å². The fourth-order valence-corrected chi connectivity index (χ4v) is 5.30. The Kier molecular flexibility index (Phi) is 7.02. The summed E-state index contributed by atoms with van der Waals surface area (Å²) in [5.74, 6) is 0.739. The number of para-hydroxylation sites is 1. The van der Waals surface area contributed by atoms with E-state index in [1.165, 1.54) is 11.1 Å². The van der Waals surface area contributed by atoms with Crippen LogP contribution in [0.4, 0.5) is 5.95 Å². The van der Waals surface area contributed by atoms with E-state index in [4.69, 9.17) is 16.7 Å². The summed E-state index contributed by atoms with van der Waals surface area (Å²) in [5.41, 5.74) is 10.8. The van der Waals surface area contributed by atoms with Crippen molar-refractivity contribution in [3.63, 3.8) is 0 Å². The lowest BCUT2D eigenvalue weighted by Gasteiger charge is -2.27. The molecule has 1 aliphatic rings. The number of rotatable bonds is 7. The molecule has 1 N–H and O–H groups in total. The van der Waals surface area contributed by atoms with E-state index in [9.17, 15) is 0 Å². The van der Waals surface area contributed by atoms with Crippen molar-refractivity contribution >= 4 is 28.2 Å². The molecule has 0 amide bonds. The third-order valence-corrected chi connectivity index (χ3v) is 7.52. The van der Waals surface area contributed by atoms with Gasteiger partial charge in [-0.15, -0.1) is 0 Å². The topological polar surface area (TPSA) is 62.6 Å². The lowest BCUT2D eigenvalue weighted by Crippen LogP contribution is -2.31. The van der Waals surface area contributed by atoms with Gasteiger partial charge in [0.05, 0.1) is 27.8 Å². The van der Waals surface area contributed by atoms with E-state index in [1.54, 1.807) is 0 Å². The summed E-state index contributed by atoms with van der Waals surface area (Å²) in [6.07, 6.45) is 10.2. The van der Waals surface area contributed by atoms with Crippen LogP contribution < -0.4 is 4.90 Å². The van der Waals surface area contributed by atoms with Crippen molar-refractivity contribution < 1.29 is 0 Å². The minimum Gasteiger partial charge on any atom is -0.360 e. The molecule has 5 rings (SSSR count). The maximum atomic E-state index is 6.60. The van der Waals surface area contributed by atoms with Crippen LogP contribution in [0.25, 0.3) is 16.3 Å². The zero-order chi connectivity index (χ0) is 26.1. The first-order valence-corrected chi connectivity index (χ1v) is 13.3. The Labute approximate surface area is 223 Å². The number of hydrogen-bond acceptors (Lipinski definition) is 4. The number of aromatic amines is 1. The van der Waals surface area contributed by atoms with E-state index in [2.05, 4.69) is 63.2 Å². The highest BCUT2D eigenvalue weighted by Crippen LogP contribution is 2.37. The first kappa shape index (κ1) is 25.0. The lowest BCUT2D eigenvalue weighted by molar-refractivity contribution is 0.694. The zero-order valence-electron chi connectivity index (χ0n) is 22.0. The fourth-order valence-electron chi connectivity index (χ4n) is 5.14. The second-order valence-corrected chi connectivity index (χ2v) is 9.84. The van der Waals surface area contributed by atoms with Gasteiger partial charge in [-0.2, -0.15) is 5.10 Å². The van der Waals surface area contributed by atoms with E-state index < -0.39 is 0 Å². The Morgan fingerprint density at radius 3 is 2.49 bits per heavy atom. The molecule has 0 fully saturated rings. The summed E-state index contributed by atoms with van der Waals surface area (Å²) in [6, 6.07) is 8.59. The molecule has 1 aliphatic heterocycles. The van der Waals surface area contributed by atoms with Gasteiger partial charge in [-0.3, -0.25) is 0 Å². The molecule has 0 radical (unpaired) electrons. The highest BCUT2D eigenvalue weighted by atomic mass is 35.5. The number of nitrogens with one attached hydrogen (secondary N) is 1. The molecule has 0 spiro atoms. The molecule has 190 valence electrons. The van der Waals surface area contributed by atoms with Gasteiger partial charge in [0.2, 0.25) is 5.95 Å². The quantitative estimate of drug-likeness (QED) is 0.301. The monoisotopic (exact) mass is 512 g/mol. The number of allylic oxidation sites excluding steroid dienone is 1. The molecule has 37 heavy (non-hydrogen) atoms. The van der Waals surface area contributed by atoms with Gasteiger partial charge in [0.25, 0.3) is 0 Å². The summed E-state index contributed by atoms with van der Waals surface area (Å²) >= 11 is 6.60. The maximum absolute atomic E-state index is 6.60. The molecular weight excluding hydrogens is 480 g/mol. The van der Waals surface area contributed by atoms with Gasteiger partial charge < -0.3 is 9.88 Å². The molecule has 0 aliphatic carbocycles. The van der Waals surface area contributed by atoms with Crippen molar-refractivity contribution in [1.29, 1.82) is 0 Å². The average molecular weight is 513 g/mol. The number of fused-ring (bicyclic) bond motifs is 1. The first-order chi connectivity index (χ1) is 18.0. The fraction of sp³-hybridized carbons (Fsp3) is 0.300. The first-order valence-electron chi connectivity index (χ1n) is 12.9. The van der Waals surface area contributed by atoms with Crippen molar-refractivity contribution in [2.45, 2.75) is 53.5 Å². The molecule has 4 aromatic rings. The predicted molar refractivity (Wildman–Crippen MR) is 152 cm³/mol. The second-order valence-electron chi connectivity index (χ2n) is 9.43. The largest absolute Gasteiger partial charge is 0.360 e. The second kappa shape index (κ2) is 10.4. The number of hydrogen-bond donors (Lipinski definition) is 1. The van der Waals surface area contributed by atoms with Gasteiger partial charge in [-0.05, 0) is 49.4 Å². The number of aromatic nitrogens is 5. The molecule has 6 nitrogen and oxygen atoms in total. The van der Waals surface area contributed by atoms with Gasteiger partial charge >= 0.3 is 0 Å². The summed E-state index contributed by atoms with van der Waals surface area (Å²) in [5, 5.41) is 5.90. The van der Waals surface area contributed by atoms with Crippen LogP contribution in [0.15, 0.2) is 55.5 Å². The van der Waals surface area contributed by atoms with E-state index in [0.717, 1.165) is 76.8 Å².